The van der Waals surface area contributed by atoms with Gasteiger partial charge in [-0.05, 0) is 42.9 Å². The first-order valence-electron chi connectivity index (χ1n) is 11.7. The Morgan fingerprint density at radius 2 is 1.89 bits per heavy atom. The molecule has 0 radical (unpaired) electrons. The maximum atomic E-state index is 14.5. The first-order valence-corrected chi connectivity index (χ1v) is 11.7. The Hall–Kier alpha value is -3.34. The summed E-state index contributed by atoms with van der Waals surface area (Å²) in [5.74, 6) is -1.80. The van der Waals surface area contributed by atoms with Gasteiger partial charge in [-0.25, -0.2) is 22.8 Å². The van der Waals surface area contributed by atoms with Gasteiger partial charge in [-0.2, -0.15) is 4.98 Å². The van der Waals surface area contributed by atoms with Gasteiger partial charge in [0, 0.05) is 42.6 Å². The van der Waals surface area contributed by atoms with Gasteiger partial charge in [0.05, 0.1) is 20.3 Å². The third-order valence-electron chi connectivity index (χ3n) is 7.29. The summed E-state index contributed by atoms with van der Waals surface area (Å²) in [5.41, 5.74) is 1.00. The van der Waals surface area contributed by atoms with Crippen LogP contribution in [0.2, 0.25) is 0 Å². The van der Waals surface area contributed by atoms with Gasteiger partial charge >= 0.3 is 0 Å². The lowest BCUT2D eigenvalue weighted by molar-refractivity contribution is 0.0364. The van der Waals surface area contributed by atoms with Crippen LogP contribution >= 0.6 is 0 Å². The van der Waals surface area contributed by atoms with Crippen LogP contribution in [0.5, 0.6) is 5.88 Å². The lowest BCUT2D eigenvalue weighted by Crippen LogP contribution is -2.48. The van der Waals surface area contributed by atoms with E-state index in [-0.39, 0.29) is 18.2 Å². The van der Waals surface area contributed by atoms with E-state index in [4.69, 9.17) is 9.47 Å². The SMILES string of the molecule is COc1cc(N2CC3CC[C@@H](C2)C3Nc2nc3n(n2)CCO[C@@H]3c2ccc(F)c(F)c2F)ccn1. The number of nitrogens with one attached hydrogen (secondary N) is 1. The fourth-order valence-electron chi connectivity index (χ4n) is 5.60. The van der Waals surface area contributed by atoms with Gasteiger partial charge in [0.2, 0.25) is 11.8 Å². The highest BCUT2D eigenvalue weighted by atomic mass is 19.2. The fraction of sp³-hybridized carbons (Fsp3) is 0.458. The van der Waals surface area contributed by atoms with Crippen molar-refractivity contribution in [1.29, 1.82) is 0 Å². The summed E-state index contributed by atoms with van der Waals surface area (Å²) in [7, 11) is 1.61. The Morgan fingerprint density at radius 3 is 2.66 bits per heavy atom. The highest BCUT2D eigenvalue weighted by molar-refractivity contribution is 5.49. The van der Waals surface area contributed by atoms with Crippen molar-refractivity contribution in [3.8, 4) is 5.88 Å². The van der Waals surface area contributed by atoms with Crippen LogP contribution in [0, 0.1) is 29.3 Å². The van der Waals surface area contributed by atoms with Crippen LogP contribution in [0.4, 0.5) is 24.8 Å². The van der Waals surface area contributed by atoms with Crippen LogP contribution in [0.15, 0.2) is 30.5 Å². The van der Waals surface area contributed by atoms with Crippen molar-refractivity contribution in [2.45, 2.75) is 31.5 Å². The molecular formula is C24H25F3N6O2. The molecule has 8 nitrogen and oxygen atoms in total. The molecular weight excluding hydrogens is 461 g/mol. The third kappa shape index (κ3) is 3.87. The van der Waals surface area contributed by atoms with E-state index in [1.165, 1.54) is 6.07 Å². The van der Waals surface area contributed by atoms with Crippen LogP contribution in [0.25, 0.3) is 0 Å². The first-order chi connectivity index (χ1) is 17.0. The van der Waals surface area contributed by atoms with Crippen molar-refractivity contribution in [2.75, 3.05) is 37.0 Å². The Bertz CT molecular complexity index is 1240. The number of rotatable bonds is 5. The number of fused-ring (bicyclic) bond motifs is 3. The monoisotopic (exact) mass is 486 g/mol. The summed E-state index contributed by atoms with van der Waals surface area (Å²) in [4.78, 5) is 11.2. The molecule has 2 aliphatic heterocycles. The maximum absolute atomic E-state index is 14.5. The first kappa shape index (κ1) is 22.1. The standard InChI is InChI=1S/C24H25F3N6O2/c1-34-18-10-15(6-7-28-18)32-11-13-2-3-14(12-32)21(13)29-24-30-23-22(35-9-8-33(23)31-24)16-4-5-17(25)20(27)19(16)26/h4-7,10,13-14,21-22H,2-3,8-9,11-12H2,1H3,(H,29,31)/t13-,14?,21?,22+/m0/s1. The molecule has 0 spiro atoms. The predicted molar refractivity (Wildman–Crippen MR) is 121 cm³/mol. The second-order valence-corrected chi connectivity index (χ2v) is 9.26. The molecule has 0 amide bonds. The number of benzene rings is 1. The summed E-state index contributed by atoms with van der Waals surface area (Å²) in [6, 6.07) is 6.25. The molecule has 3 aromatic rings. The van der Waals surface area contributed by atoms with E-state index >= 15 is 0 Å². The fourth-order valence-corrected chi connectivity index (χ4v) is 5.60. The predicted octanol–water partition coefficient (Wildman–Crippen LogP) is 3.55. The highest BCUT2D eigenvalue weighted by Gasteiger charge is 2.43. The zero-order chi connectivity index (χ0) is 24.1. The topological polar surface area (TPSA) is 77.3 Å². The average Bonchev–Trinajstić information content (AvgIpc) is 3.38. The quantitative estimate of drug-likeness (QED) is 0.553. The minimum atomic E-state index is -1.52. The van der Waals surface area contributed by atoms with E-state index in [2.05, 4.69) is 25.3 Å². The average molecular weight is 486 g/mol. The Balaban J connectivity index is 1.21. The smallest absolute Gasteiger partial charge is 0.242 e. The number of anilines is 2. The number of ether oxygens (including phenoxy) is 2. The number of aromatic nitrogens is 4. The molecule has 4 heterocycles. The molecule has 2 fully saturated rings. The second-order valence-electron chi connectivity index (χ2n) is 9.26. The molecule has 11 heteroatoms. The summed E-state index contributed by atoms with van der Waals surface area (Å²) >= 11 is 0. The highest BCUT2D eigenvalue weighted by Crippen LogP contribution is 2.40. The molecule has 3 aliphatic rings. The lowest BCUT2D eigenvalue weighted by Gasteiger charge is -2.39. The largest absolute Gasteiger partial charge is 0.481 e. The summed E-state index contributed by atoms with van der Waals surface area (Å²) in [5, 5.41) is 8.08. The Kier molecular flexibility index (Phi) is 5.51. The maximum Gasteiger partial charge on any atom is 0.242 e. The number of nitrogens with zero attached hydrogens (tertiary/aromatic N) is 5. The normalized spacial score (nSPS) is 25.4. The van der Waals surface area contributed by atoms with Gasteiger partial charge in [-0.1, -0.05) is 0 Å². The van der Waals surface area contributed by atoms with E-state index in [0.717, 1.165) is 37.7 Å². The summed E-state index contributed by atoms with van der Waals surface area (Å²) in [6.07, 6.45) is 3.00. The molecule has 6 rings (SSSR count). The van der Waals surface area contributed by atoms with Crippen molar-refractivity contribution in [3.63, 3.8) is 0 Å². The molecule has 1 aromatic carbocycles. The molecule has 1 saturated heterocycles. The molecule has 2 aromatic heterocycles. The number of hydrogen-bond acceptors (Lipinski definition) is 7. The van der Waals surface area contributed by atoms with Crippen LogP contribution in [-0.2, 0) is 11.3 Å². The summed E-state index contributed by atoms with van der Waals surface area (Å²) < 4.78 is 54.4. The van der Waals surface area contributed by atoms with Gasteiger partial charge in [0.25, 0.3) is 0 Å². The number of hydrogen-bond donors (Lipinski definition) is 1. The lowest BCUT2D eigenvalue weighted by atomic mass is 9.92. The zero-order valence-corrected chi connectivity index (χ0v) is 19.1. The molecule has 4 atom stereocenters. The molecule has 2 bridgehead atoms. The Labute approximate surface area is 200 Å². The third-order valence-corrected chi connectivity index (χ3v) is 7.29. The van der Waals surface area contributed by atoms with E-state index in [1.54, 1.807) is 18.0 Å². The molecule has 1 aliphatic carbocycles. The number of pyridine rings is 1. The Morgan fingerprint density at radius 1 is 1.09 bits per heavy atom. The van der Waals surface area contributed by atoms with Crippen molar-refractivity contribution in [2.24, 2.45) is 11.8 Å². The van der Waals surface area contributed by atoms with Gasteiger partial charge in [-0.15, -0.1) is 5.10 Å². The van der Waals surface area contributed by atoms with Crippen LogP contribution in [-0.4, -0.2) is 52.6 Å². The van der Waals surface area contributed by atoms with Gasteiger partial charge in [-0.3, -0.25) is 0 Å². The van der Waals surface area contributed by atoms with E-state index in [0.29, 0.717) is 36.0 Å². The summed E-state index contributed by atoms with van der Waals surface area (Å²) in [6.45, 7) is 2.49. The van der Waals surface area contributed by atoms with Crippen LogP contribution in [0.1, 0.15) is 30.3 Å². The second kappa shape index (κ2) is 8.71. The molecule has 1 saturated carbocycles. The van der Waals surface area contributed by atoms with Gasteiger partial charge in [0.1, 0.15) is 6.10 Å². The molecule has 184 valence electrons. The van der Waals surface area contributed by atoms with Crippen LogP contribution < -0.4 is 15.0 Å². The van der Waals surface area contributed by atoms with E-state index < -0.39 is 23.6 Å². The number of methoxy groups -OCH3 is 1. The van der Waals surface area contributed by atoms with Crippen molar-refractivity contribution in [3.05, 3.63) is 59.3 Å². The zero-order valence-electron chi connectivity index (χ0n) is 19.1. The molecule has 2 unspecified atom stereocenters. The number of piperidine rings is 1. The van der Waals surface area contributed by atoms with Crippen molar-refractivity contribution >= 4 is 11.6 Å². The van der Waals surface area contributed by atoms with Crippen molar-refractivity contribution < 1.29 is 22.6 Å². The molecule has 35 heavy (non-hydrogen) atoms. The number of halogens is 3. The van der Waals surface area contributed by atoms with Crippen LogP contribution in [0.3, 0.4) is 0 Å². The van der Waals surface area contributed by atoms with Gasteiger partial charge in [0.15, 0.2) is 23.3 Å². The van der Waals surface area contributed by atoms with E-state index in [1.807, 2.05) is 12.1 Å². The minimum absolute atomic E-state index is 0.0926. The van der Waals surface area contributed by atoms with E-state index in [9.17, 15) is 13.2 Å². The van der Waals surface area contributed by atoms with Crippen molar-refractivity contribution in [1.82, 2.24) is 19.7 Å². The van der Waals surface area contributed by atoms with Gasteiger partial charge < -0.3 is 19.7 Å². The minimum Gasteiger partial charge on any atom is -0.481 e. The molecule has 1 N–H and O–H groups in total.